The Morgan fingerprint density at radius 1 is 1.40 bits per heavy atom. The molecule has 0 radical (unpaired) electrons. The van der Waals surface area contributed by atoms with E-state index in [2.05, 4.69) is 23.6 Å². The lowest BCUT2D eigenvalue weighted by Crippen LogP contribution is -2.23. The van der Waals surface area contributed by atoms with Gasteiger partial charge in [0.05, 0.1) is 6.10 Å². The number of rotatable bonds is 5. The first-order chi connectivity index (χ1) is 7.15. The third-order valence-electron chi connectivity index (χ3n) is 2.55. The molecule has 0 unspecified atom stereocenters. The quantitative estimate of drug-likeness (QED) is 0.733. The van der Waals surface area contributed by atoms with Crippen LogP contribution in [-0.2, 0) is 4.74 Å². The highest BCUT2D eigenvalue weighted by molar-refractivity contribution is 5.18. The van der Waals surface area contributed by atoms with Crippen LogP contribution in [-0.4, -0.2) is 25.6 Å². The summed E-state index contributed by atoms with van der Waals surface area (Å²) >= 11 is 0. The summed E-state index contributed by atoms with van der Waals surface area (Å²) in [5.74, 6) is 0. The average Bonchev–Trinajstić information content (AvgIpc) is 2.26. The smallest absolute Gasteiger partial charge is 0.0995 e. The molecule has 0 aliphatic carbocycles. The molecule has 1 atom stereocenters. The molecule has 2 heteroatoms. The zero-order valence-electron chi connectivity index (χ0n) is 9.73. The van der Waals surface area contributed by atoms with Crippen molar-refractivity contribution in [1.82, 2.24) is 4.90 Å². The second kappa shape index (κ2) is 5.56. The Kier molecular flexibility index (Phi) is 4.37. The van der Waals surface area contributed by atoms with Crippen molar-refractivity contribution in [3.63, 3.8) is 0 Å². The highest BCUT2D eigenvalue weighted by atomic mass is 16.5. The van der Waals surface area contributed by atoms with E-state index in [-0.39, 0.29) is 6.10 Å². The monoisotopic (exact) mass is 205 g/mol. The minimum absolute atomic E-state index is 0.105. The van der Waals surface area contributed by atoms with E-state index < -0.39 is 0 Å². The van der Waals surface area contributed by atoms with E-state index in [0.29, 0.717) is 0 Å². The second-order valence-electron chi connectivity index (χ2n) is 3.75. The van der Waals surface area contributed by atoms with Crippen LogP contribution in [0.25, 0.3) is 0 Å². The summed E-state index contributed by atoms with van der Waals surface area (Å²) in [5, 5.41) is 0. The molecule has 0 aromatic heterocycles. The van der Waals surface area contributed by atoms with Gasteiger partial charge >= 0.3 is 0 Å². The summed E-state index contributed by atoms with van der Waals surface area (Å²) in [5.41, 5.74) is 2.25. The molecule has 0 fully saturated rings. The second-order valence-corrected chi connectivity index (χ2v) is 3.75. The Labute approximate surface area is 92.2 Å². The average molecular weight is 205 g/mol. The topological polar surface area (TPSA) is 12.5 Å². The molecule has 0 aliphatic rings. The van der Waals surface area contributed by atoms with E-state index >= 15 is 0 Å². The van der Waals surface area contributed by atoms with Crippen LogP contribution in [0.2, 0.25) is 0 Å². The van der Waals surface area contributed by atoms with Crippen molar-refractivity contribution in [1.29, 1.82) is 0 Å². The molecule has 82 valence electrons. The molecule has 1 aromatic rings. The van der Waals surface area contributed by atoms with E-state index in [0.717, 1.165) is 12.2 Å². The van der Waals surface area contributed by atoms with Gasteiger partial charge in [0, 0.05) is 26.4 Å². The van der Waals surface area contributed by atoms with Crippen molar-refractivity contribution >= 4 is 0 Å². The molecule has 2 nitrogen and oxygen atoms in total. The van der Waals surface area contributed by atoms with Gasteiger partial charge in [-0.25, -0.2) is 0 Å². The van der Waals surface area contributed by atoms with Crippen LogP contribution in [0.4, 0.5) is 0 Å². The molecule has 0 saturated heterocycles. The third kappa shape index (κ3) is 3.40. The van der Waals surface area contributed by atoms with Crippen molar-refractivity contribution < 1.29 is 4.74 Å². The molecule has 0 aliphatic heterocycles. The molecular formula is C13H19NO. The van der Waals surface area contributed by atoms with Gasteiger partial charge in [-0.3, -0.25) is 0 Å². The molecule has 0 heterocycles. The minimum Gasteiger partial charge on any atom is -0.376 e. The van der Waals surface area contributed by atoms with Crippen LogP contribution in [0.15, 0.2) is 42.6 Å². The predicted octanol–water partition coefficient (Wildman–Crippen LogP) is 2.84. The van der Waals surface area contributed by atoms with Crippen LogP contribution in [0, 0.1) is 0 Å². The van der Waals surface area contributed by atoms with E-state index in [1.807, 2.05) is 32.2 Å². The Hall–Kier alpha value is -1.28. The van der Waals surface area contributed by atoms with Gasteiger partial charge < -0.3 is 9.64 Å². The summed E-state index contributed by atoms with van der Waals surface area (Å²) in [7, 11) is 3.77. The first kappa shape index (κ1) is 11.8. The van der Waals surface area contributed by atoms with Crippen molar-refractivity contribution in [2.45, 2.75) is 13.0 Å². The maximum Gasteiger partial charge on any atom is 0.0995 e. The van der Waals surface area contributed by atoms with Gasteiger partial charge in [0.15, 0.2) is 0 Å². The molecule has 0 N–H and O–H groups in total. The minimum atomic E-state index is 0.105. The zero-order valence-corrected chi connectivity index (χ0v) is 9.73. The van der Waals surface area contributed by atoms with Gasteiger partial charge in [0.1, 0.15) is 0 Å². The highest BCUT2D eigenvalue weighted by Gasteiger charge is 2.12. The number of hydrogen-bond donors (Lipinski definition) is 0. The molecular weight excluding hydrogens is 186 g/mol. The van der Waals surface area contributed by atoms with Gasteiger partial charge in [-0.1, -0.05) is 36.9 Å². The molecule has 15 heavy (non-hydrogen) atoms. The van der Waals surface area contributed by atoms with Crippen LogP contribution >= 0.6 is 0 Å². The van der Waals surface area contributed by atoms with E-state index in [1.54, 1.807) is 7.11 Å². The number of benzene rings is 1. The summed E-state index contributed by atoms with van der Waals surface area (Å²) in [6.07, 6.45) is 0.105. The fraction of sp³-hybridized carbons (Fsp3) is 0.385. The number of allylic oxidation sites excluding steroid dienone is 1. The number of methoxy groups -OCH3 is 1. The SMILES string of the molecule is C=C(C)N(C)C[C@@H](OC)c1ccccc1. The van der Waals surface area contributed by atoms with E-state index in [1.165, 1.54) is 5.56 Å². The van der Waals surface area contributed by atoms with Gasteiger partial charge in [0.25, 0.3) is 0 Å². The van der Waals surface area contributed by atoms with Crippen LogP contribution < -0.4 is 0 Å². The van der Waals surface area contributed by atoms with Gasteiger partial charge in [-0.05, 0) is 12.5 Å². The lowest BCUT2D eigenvalue weighted by Gasteiger charge is -2.25. The predicted molar refractivity (Wildman–Crippen MR) is 63.6 cm³/mol. The fourth-order valence-electron chi connectivity index (χ4n) is 1.39. The normalized spacial score (nSPS) is 12.2. The van der Waals surface area contributed by atoms with Crippen molar-refractivity contribution in [3.8, 4) is 0 Å². The van der Waals surface area contributed by atoms with Crippen molar-refractivity contribution in [2.24, 2.45) is 0 Å². The standard InChI is InChI=1S/C13H19NO/c1-11(2)14(3)10-13(15-4)12-8-6-5-7-9-12/h5-9,13H,1,10H2,2-4H3/t13-/m1/s1. The summed E-state index contributed by atoms with van der Waals surface area (Å²) < 4.78 is 5.47. The lowest BCUT2D eigenvalue weighted by atomic mass is 10.1. The Balaban J connectivity index is 2.69. The Morgan fingerprint density at radius 2 is 2.00 bits per heavy atom. The van der Waals surface area contributed by atoms with Crippen LogP contribution in [0.3, 0.4) is 0 Å². The fourth-order valence-corrected chi connectivity index (χ4v) is 1.39. The summed E-state index contributed by atoms with van der Waals surface area (Å²) in [6, 6.07) is 10.2. The number of nitrogens with zero attached hydrogens (tertiary/aromatic N) is 1. The first-order valence-corrected chi connectivity index (χ1v) is 5.09. The molecule has 0 amide bonds. The van der Waals surface area contributed by atoms with E-state index in [9.17, 15) is 0 Å². The first-order valence-electron chi connectivity index (χ1n) is 5.09. The lowest BCUT2D eigenvalue weighted by molar-refractivity contribution is 0.0802. The van der Waals surface area contributed by atoms with Crippen LogP contribution in [0.1, 0.15) is 18.6 Å². The number of likely N-dealkylation sites (N-methyl/N-ethyl adjacent to an activating group) is 1. The Morgan fingerprint density at radius 3 is 2.47 bits per heavy atom. The maximum absolute atomic E-state index is 5.47. The van der Waals surface area contributed by atoms with Gasteiger partial charge in [-0.15, -0.1) is 0 Å². The van der Waals surface area contributed by atoms with Gasteiger partial charge in [-0.2, -0.15) is 0 Å². The van der Waals surface area contributed by atoms with E-state index in [4.69, 9.17) is 4.74 Å². The maximum atomic E-state index is 5.47. The van der Waals surface area contributed by atoms with Gasteiger partial charge in [0.2, 0.25) is 0 Å². The summed E-state index contributed by atoms with van der Waals surface area (Å²) in [4.78, 5) is 2.10. The summed E-state index contributed by atoms with van der Waals surface area (Å²) in [6.45, 7) is 6.73. The Bertz CT molecular complexity index is 308. The molecule has 1 rings (SSSR count). The van der Waals surface area contributed by atoms with Crippen LogP contribution in [0.5, 0.6) is 0 Å². The number of hydrogen-bond acceptors (Lipinski definition) is 2. The molecule has 1 aromatic carbocycles. The number of ether oxygens (including phenoxy) is 1. The highest BCUT2D eigenvalue weighted by Crippen LogP contribution is 2.18. The zero-order chi connectivity index (χ0) is 11.3. The van der Waals surface area contributed by atoms with Crippen molar-refractivity contribution in [3.05, 3.63) is 48.2 Å². The molecule has 0 bridgehead atoms. The van der Waals surface area contributed by atoms with Crippen molar-refractivity contribution in [2.75, 3.05) is 20.7 Å². The largest absolute Gasteiger partial charge is 0.376 e. The molecule has 0 saturated carbocycles. The third-order valence-corrected chi connectivity index (χ3v) is 2.55. The molecule has 0 spiro atoms.